The number of aryl methyl sites for hydroxylation is 1. The van der Waals surface area contributed by atoms with Crippen LogP contribution in [0, 0.1) is 17.0 Å². The molecule has 3 rings (SSSR count). The number of carbonyl (C=O) groups is 1. The number of benzene rings is 3. The Morgan fingerprint density at radius 1 is 0.929 bits per heavy atom. The van der Waals surface area contributed by atoms with E-state index in [4.69, 9.17) is 9.29 Å². The van der Waals surface area contributed by atoms with Crippen molar-refractivity contribution in [3.05, 3.63) is 69.8 Å². The number of carboxylic acid groups (broad SMARTS) is 1. The van der Waals surface area contributed by atoms with E-state index < -0.39 is 64.5 Å². The van der Waals surface area contributed by atoms with Crippen molar-refractivity contribution in [3.8, 4) is 11.5 Å². The molecule has 0 heterocycles. The number of nitro benzene ring substituents is 1. The predicted molar refractivity (Wildman–Crippen MR) is 144 cm³/mol. The van der Waals surface area contributed by atoms with Gasteiger partial charge in [0.2, 0.25) is 0 Å². The Morgan fingerprint density at radius 2 is 1.60 bits per heavy atom. The average molecular weight is 624 g/mol. The minimum Gasteiger partial charge on any atom is -0.507 e. The van der Waals surface area contributed by atoms with Crippen molar-refractivity contribution in [1.82, 2.24) is 0 Å². The van der Waals surface area contributed by atoms with Crippen LogP contribution < -0.4 is 4.74 Å². The molecule has 0 atom stereocenters. The van der Waals surface area contributed by atoms with Gasteiger partial charge >= 0.3 is 5.97 Å². The first-order valence-electron chi connectivity index (χ1n) is 11.4. The number of aromatic carboxylic acids is 1. The van der Waals surface area contributed by atoms with Gasteiger partial charge in [0.15, 0.2) is 0 Å². The zero-order valence-corrected chi connectivity index (χ0v) is 23.0. The summed E-state index contributed by atoms with van der Waals surface area (Å²) in [6.07, 6.45) is -0.124. The molecular formula is C23H21N5O12S2. The Morgan fingerprint density at radius 3 is 2.21 bits per heavy atom. The summed E-state index contributed by atoms with van der Waals surface area (Å²) < 4.78 is 69.6. The maximum atomic E-state index is 11.8. The first-order valence-corrected chi connectivity index (χ1v) is 14.5. The van der Waals surface area contributed by atoms with Crippen molar-refractivity contribution in [3.63, 3.8) is 0 Å². The van der Waals surface area contributed by atoms with Crippen LogP contribution in [0.15, 0.2) is 73.9 Å². The van der Waals surface area contributed by atoms with Gasteiger partial charge in [0, 0.05) is 18.2 Å². The summed E-state index contributed by atoms with van der Waals surface area (Å²) in [5.74, 6) is -2.51. The number of nitrogens with zero attached hydrogens (tertiary/aromatic N) is 5. The first kappa shape index (κ1) is 31.7. The standard InChI is InChI=1S/C23H21N5O12S2/c1-13-9-19(27-24-14-3-6-20(29)16(10-14)23(30)31)21(40-7-2-8-41(34,35)36)12-18(13)26-25-17-5-4-15(28(32)33)11-22(17)42(37,38)39/h3-6,9-12,29H,2,7-8H2,1H3,(H,30,31)(H,34,35,36)(H,37,38,39). The SMILES string of the molecule is Cc1cc(N=Nc2ccc(O)c(C(=O)O)c2)c(OCCCS(=O)(=O)O)cc1N=Nc1ccc([N+](=O)[O-])cc1S(=O)(=O)O. The number of phenols is 1. The van der Waals surface area contributed by atoms with Crippen LogP contribution in [0.4, 0.5) is 28.4 Å². The molecule has 0 aromatic heterocycles. The van der Waals surface area contributed by atoms with Gasteiger partial charge in [0.1, 0.15) is 33.3 Å². The topological polar surface area (TPSA) is 268 Å². The molecule has 4 N–H and O–H groups in total. The third kappa shape index (κ3) is 8.57. The van der Waals surface area contributed by atoms with Gasteiger partial charge in [-0.25, -0.2) is 4.79 Å². The lowest BCUT2D eigenvalue weighted by Gasteiger charge is -2.11. The summed E-state index contributed by atoms with van der Waals surface area (Å²) in [7, 11) is -9.19. The van der Waals surface area contributed by atoms with Gasteiger partial charge in [-0.1, -0.05) is 0 Å². The first-order chi connectivity index (χ1) is 19.5. The fourth-order valence-electron chi connectivity index (χ4n) is 3.27. The molecule has 0 aliphatic rings. The summed E-state index contributed by atoms with van der Waals surface area (Å²) in [6.45, 7) is 1.33. The largest absolute Gasteiger partial charge is 0.507 e. The zero-order valence-electron chi connectivity index (χ0n) is 21.3. The highest BCUT2D eigenvalue weighted by Gasteiger charge is 2.21. The van der Waals surface area contributed by atoms with Gasteiger partial charge in [-0.3, -0.25) is 19.2 Å². The second-order valence-corrected chi connectivity index (χ2v) is 11.3. The molecule has 0 radical (unpaired) electrons. The summed E-state index contributed by atoms with van der Waals surface area (Å²) in [4.78, 5) is 20.6. The second kappa shape index (κ2) is 12.8. The van der Waals surface area contributed by atoms with E-state index >= 15 is 0 Å². The molecule has 19 heteroatoms. The van der Waals surface area contributed by atoms with E-state index in [-0.39, 0.29) is 35.8 Å². The summed E-state index contributed by atoms with van der Waals surface area (Å²) in [5.41, 5.74) is -0.866. The van der Waals surface area contributed by atoms with E-state index in [0.717, 1.165) is 24.3 Å². The number of aromatic hydroxyl groups is 1. The molecule has 0 amide bonds. The number of hydrogen-bond acceptors (Lipinski definition) is 13. The molecule has 222 valence electrons. The lowest BCUT2D eigenvalue weighted by Crippen LogP contribution is -2.08. The van der Waals surface area contributed by atoms with Crippen LogP contribution in [0.2, 0.25) is 0 Å². The van der Waals surface area contributed by atoms with Gasteiger partial charge in [-0.2, -0.15) is 27.1 Å². The maximum Gasteiger partial charge on any atom is 0.339 e. The molecule has 0 aliphatic carbocycles. The number of carboxylic acids is 1. The van der Waals surface area contributed by atoms with E-state index in [9.17, 15) is 46.5 Å². The molecule has 17 nitrogen and oxygen atoms in total. The Labute approximate surface area is 237 Å². The molecule has 3 aromatic carbocycles. The number of nitro groups is 1. The summed E-state index contributed by atoms with van der Waals surface area (Å²) in [6, 6.07) is 8.72. The highest BCUT2D eigenvalue weighted by molar-refractivity contribution is 7.86. The van der Waals surface area contributed by atoms with Crippen molar-refractivity contribution in [1.29, 1.82) is 0 Å². The molecule has 3 aromatic rings. The summed E-state index contributed by atoms with van der Waals surface area (Å²) in [5, 5.41) is 45.6. The van der Waals surface area contributed by atoms with E-state index in [1.165, 1.54) is 18.2 Å². The van der Waals surface area contributed by atoms with Crippen molar-refractivity contribution in [2.75, 3.05) is 12.4 Å². The normalized spacial score (nSPS) is 12.2. The zero-order chi connectivity index (χ0) is 31.2. The Balaban J connectivity index is 2.02. The highest BCUT2D eigenvalue weighted by atomic mass is 32.2. The van der Waals surface area contributed by atoms with E-state index in [0.29, 0.717) is 11.6 Å². The minimum atomic E-state index is -4.92. The van der Waals surface area contributed by atoms with Crippen LogP contribution in [-0.4, -0.2) is 59.4 Å². The average Bonchev–Trinajstić information content (AvgIpc) is 2.89. The van der Waals surface area contributed by atoms with Crippen LogP contribution in [0.5, 0.6) is 11.5 Å². The number of ether oxygens (including phenoxy) is 1. The van der Waals surface area contributed by atoms with Crippen LogP contribution in [-0.2, 0) is 20.2 Å². The predicted octanol–water partition coefficient (Wildman–Crippen LogP) is 5.04. The van der Waals surface area contributed by atoms with Crippen LogP contribution in [0.1, 0.15) is 22.3 Å². The van der Waals surface area contributed by atoms with Gasteiger partial charge in [0.25, 0.3) is 25.9 Å². The lowest BCUT2D eigenvalue weighted by atomic mass is 10.1. The van der Waals surface area contributed by atoms with E-state index in [2.05, 4.69) is 20.5 Å². The number of azo groups is 2. The molecule has 0 saturated heterocycles. The molecule has 0 aliphatic heterocycles. The van der Waals surface area contributed by atoms with Crippen LogP contribution in [0.3, 0.4) is 0 Å². The van der Waals surface area contributed by atoms with Crippen LogP contribution in [0.25, 0.3) is 0 Å². The number of hydrogen-bond donors (Lipinski definition) is 4. The van der Waals surface area contributed by atoms with Gasteiger partial charge in [-0.05, 0) is 49.2 Å². The minimum absolute atomic E-state index is 0.0235. The van der Waals surface area contributed by atoms with Crippen molar-refractivity contribution in [2.24, 2.45) is 20.5 Å². The smallest absolute Gasteiger partial charge is 0.339 e. The third-order valence-electron chi connectivity index (χ3n) is 5.26. The Hall–Kier alpha value is -4.85. The number of non-ortho nitro benzene ring substituents is 1. The van der Waals surface area contributed by atoms with Gasteiger partial charge in [0.05, 0.1) is 28.7 Å². The van der Waals surface area contributed by atoms with Crippen molar-refractivity contribution in [2.45, 2.75) is 18.2 Å². The van der Waals surface area contributed by atoms with Crippen molar-refractivity contribution >= 4 is 54.6 Å². The molecular weight excluding hydrogens is 602 g/mol. The third-order valence-corrected chi connectivity index (χ3v) is 6.95. The Kier molecular flexibility index (Phi) is 9.63. The lowest BCUT2D eigenvalue weighted by molar-refractivity contribution is -0.385. The van der Waals surface area contributed by atoms with Crippen LogP contribution >= 0.6 is 0 Å². The molecule has 0 unspecified atom stereocenters. The number of rotatable bonds is 12. The molecule has 42 heavy (non-hydrogen) atoms. The quantitative estimate of drug-likeness (QED) is 0.0679. The highest BCUT2D eigenvalue weighted by Crippen LogP contribution is 2.38. The second-order valence-electron chi connectivity index (χ2n) is 8.39. The monoisotopic (exact) mass is 623 g/mol. The van der Waals surface area contributed by atoms with Gasteiger partial charge in [-0.15, -0.1) is 10.2 Å². The van der Waals surface area contributed by atoms with E-state index in [1.54, 1.807) is 6.92 Å². The Bertz CT molecular complexity index is 1820. The molecule has 0 spiro atoms. The fourth-order valence-corrected chi connectivity index (χ4v) is 4.39. The fraction of sp³-hybridized carbons (Fsp3) is 0.174. The summed E-state index contributed by atoms with van der Waals surface area (Å²) >= 11 is 0. The molecule has 0 saturated carbocycles. The molecule has 0 bridgehead atoms. The maximum absolute atomic E-state index is 11.8. The van der Waals surface area contributed by atoms with E-state index in [1.807, 2.05) is 0 Å². The molecule has 0 fully saturated rings. The van der Waals surface area contributed by atoms with Crippen molar-refractivity contribution < 1.29 is 50.6 Å². The van der Waals surface area contributed by atoms with Gasteiger partial charge < -0.3 is 14.9 Å².